The summed E-state index contributed by atoms with van der Waals surface area (Å²) in [6.07, 6.45) is 2.40. The van der Waals surface area contributed by atoms with Crippen LogP contribution in [-0.2, 0) is 26.2 Å². The van der Waals surface area contributed by atoms with Gasteiger partial charge in [-0.05, 0) is 47.2 Å². The van der Waals surface area contributed by atoms with Crippen molar-refractivity contribution < 1.29 is 23.8 Å². The molecule has 5 rings (SSSR count). The Hall–Kier alpha value is -2.90. The molecule has 0 saturated carbocycles. The van der Waals surface area contributed by atoms with Crippen LogP contribution in [0.25, 0.3) is 0 Å². The van der Waals surface area contributed by atoms with Crippen LogP contribution in [0.2, 0.25) is 0 Å². The Morgan fingerprint density at radius 3 is 2.37 bits per heavy atom. The van der Waals surface area contributed by atoms with Gasteiger partial charge in [-0.15, -0.1) is 0 Å². The number of rotatable bonds is 5. The first-order chi connectivity index (χ1) is 16.8. The highest BCUT2D eigenvalue weighted by Gasteiger charge is 2.40. The first-order valence-corrected chi connectivity index (χ1v) is 12.5. The predicted molar refractivity (Wildman–Crippen MR) is 133 cm³/mol. The summed E-state index contributed by atoms with van der Waals surface area (Å²) in [6.45, 7) is 9.54. The maximum absolute atomic E-state index is 13.0. The summed E-state index contributed by atoms with van der Waals surface area (Å²) < 4.78 is 17.2. The third kappa shape index (κ3) is 4.67. The van der Waals surface area contributed by atoms with E-state index in [9.17, 15) is 9.59 Å². The van der Waals surface area contributed by atoms with Crippen molar-refractivity contribution in [1.82, 2.24) is 4.90 Å². The SMILES string of the molecule is CCC(C)(C)c1ccc2c(c1)N(Cc1ccc(C(=O)N3CCC4(CC3)OCCO4)cc1)C(=O)CO2. The van der Waals surface area contributed by atoms with Gasteiger partial charge in [-0.3, -0.25) is 9.59 Å². The van der Waals surface area contributed by atoms with E-state index in [2.05, 4.69) is 32.9 Å². The second-order valence-electron chi connectivity index (χ2n) is 10.3. The Balaban J connectivity index is 1.29. The summed E-state index contributed by atoms with van der Waals surface area (Å²) in [6, 6.07) is 13.7. The minimum atomic E-state index is -0.492. The number of nitrogens with zero attached hydrogens (tertiary/aromatic N) is 2. The Bertz CT molecular complexity index is 1090. The van der Waals surface area contributed by atoms with E-state index in [1.807, 2.05) is 35.2 Å². The summed E-state index contributed by atoms with van der Waals surface area (Å²) in [5, 5.41) is 0. The maximum Gasteiger partial charge on any atom is 0.265 e. The summed E-state index contributed by atoms with van der Waals surface area (Å²) in [7, 11) is 0. The molecule has 1 spiro atoms. The molecule has 2 amide bonds. The zero-order chi connectivity index (χ0) is 24.6. The Kier molecular flexibility index (Phi) is 6.32. The number of hydrogen-bond donors (Lipinski definition) is 0. The quantitative estimate of drug-likeness (QED) is 0.642. The van der Waals surface area contributed by atoms with E-state index < -0.39 is 5.79 Å². The number of benzene rings is 2. The van der Waals surface area contributed by atoms with Crippen molar-refractivity contribution in [2.45, 2.75) is 57.8 Å². The average Bonchev–Trinajstić information content (AvgIpc) is 3.33. The molecule has 2 aromatic carbocycles. The van der Waals surface area contributed by atoms with Crippen LogP contribution in [0.1, 0.15) is 61.5 Å². The summed E-state index contributed by atoms with van der Waals surface area (Å²) in [5.74, 6) is 0.185. The van der Waals surface area contributed by atoms with Crippen LogP contribution >= 0.6 is 0 Å². The van der Waals surface area contributed by atoms with Crippen LogP contribution in [0.3, 0.4) is 0 Å². The van der Waals surface area contributed by atoms with Gasteiger partial charge in [0, 0.05) is 31.5 Å². The fraction of sp³-hybridized carbons (Fsp3) is 0.500. The number of amides is 2. The van der Waals surface area contributed by atoms with Crippen LogP contribution in [0, 0.1) is 0 Å². The van der Waals surface area contributed by atoms with E-state index in [1.165, 1.54) is 5.56 Å². The number of ether oxygens (including phenoxy) is 3. The Morgan fingerprint density at radius 1 is 1.03 bits per heavy atom. The van der Waals surface area contributed by atoms with Gasteiger partial charge in [0.05, 0.1) is 25.4 Å². The van der Waals surface area contributed by atoms with Crippen molar-refractivity contribution >= 4 is 17.5 Å². The molecule has 2 saturated heterocycles. The number of anilines is 1. The highest BCUT2D eigenvalue weighted by molar-refractivity contribution is 5.98. The van der Waals surface area contributed by atoms with E-state index in [1.54, 1.807) is 4.90 Å². The number of piperidine rings is 1. The van der Waals surface area contributed by atoms with Crippen molar-refractivity contribution in [3.8, 4) is 5.75 Å². The van der Waals surface area contributed by atoms with Crippen molar-refractivity contribution in [1.29, 1.82) is 0 Å². The summed E-state index contributed by atoms with van der Waals surface area (Å²) in [4.78, 5) is 29.5. The fourth-order valence-electron chi connectivity index (χ4n) is 4.95. The molecular formula is C28H34N2O5. The molecule has 0 aromatic heterocycles. The number of hydrogen-bond acceptors (Lipinski definition) is 5. The van der Waals surface area contributed by atoms with Gasteiger partial charge in [-0.1, -0.05) is 39.0 Å². The second-order valence-corrected chi connectivity index (χ2v) is 10.3. The van der Waals surface area contributed by atoms with Crippen LogP contribution in [0.4, 0.5) is 5.69 Å². The second kappa shape index (κ2) is 9.28. The zero-order valence-corrected chi connectivity index (χ0v) is 20.8. The molecule has 7 nitrogen and oxygen atoms in total. The van der Waals surface area contributed by atoms with Crippen LogP contribution in [-0.4, -0.2) is 55.4 Å². The van der Waals surface area contributed by atoms with Crippen LogP contribution < -0.4 is 9.64 Å². The van der Waals surface area contributed by atoms with Gasteiger partial charge < -0.3 is 24.0 Å². The van der Waals surface area contributed by atoms with E-state index in [-0.39, 0.29) is 23.8 Å². The maximum atomic E-state index is 13.0. The summed E-state index contributed by atoms with van der Waals surface area (Å²) >= 11 is 0. The molecule has 0 aliphatic carbocycles. The lowest BCUT2D eigenvalue weighted by atomic mass is 9.82. The molecule has 3 aliphatic rings. The van der Waals surface area contributed by atoms with Gasteiger partial charge in [0.1, 0.15) is 5.75 Å². The van der Waals surface area contributed by atoms with Gasteiger partial charge >= 0.3 is 0 Å². The van der Waals surface area contributed by atoms with Gasteiger partial charge in [0.2, 0.25) is 0 Å². The van der Waals surface area contributed by atoms with Crippen LogP contribution in [0.15, 0.2) is 42.5 Å². The zero-order valence-electron chi connectivity index (χ0n) is 20.8. The molecule has 7 heteroatoms. The molecule has 0 bridgehead atoms. The smallest absolute Gasteiger partial charge is 0.265 e. The first kappa shape index (κ1) is 23.8. The molecule has 186 valence electrons. The van der Waals surface area contributed by atoms with Crippen molar-refractivity contribution in [3.05, 3.63) is 59.2 Å². The minimum absolute atomic E-state index is 0.00726. The van der Waals surface area contributed by atoms with Gasteiger partial charge in [0.25, 0.3) is 11.8 Å². The molecule has 3 heterocycles. The van der Waals surface area contributed by atoms with Crippen molar-refractivity contribution in [2.24, 2.45) is 0 Å². The minimum Gasteiger partial charge on any atom is -0.482 e. The largest absolute Gasteiger partial charge is 0.482 e. The molecule has 2 fully saturated rings. The Labute approximate surface area is 206 Å². The lowest BCUT2D eigenvalue weighted by Gasteiger charge is -2.37. The fourth-order valence-corrected chi connectivity index (χ4v) is 4.95. The molecular weight excluding hydrogens is 444 g/mol. The lowest BCUT2D eigenvalue weighted by molar-refractivity contribution is -0.181. The number of carbonyl (C=O) groups excluding carboxylic acids is 2. The highest BCUT2D eigenvalue weighted by Crippen LogP contribution is 2.38. The predicted octanol–water partition coefficient (Wildman–Crippen LogP) is 4.28. The molecule has 3 aliphatic heterocycles. The number of likely N-dealkylation sites (tertiary alicyclic amines) is 1. The van der Waals surface area contributed by atoms with E-state index in [0.29, 0.717) is 51.3 Å². The third-order valence-corrected chi connectivity index (χ3v) is 7.73. The van der Waals surface area contributed by atoms with E-state index in [0.717, 1.165) is 23.4 Å². The molecule has 0 atom stereocenters. The average molecular weight is 479 g/mol. The molecule has 0 N–H and O–H groups in total. The first-order valence-electron chi connectivity index (χ1n) is 12.5. The van der Waals surface area contributed by atoms with E-state index >= 15 is 0 Å². The highest BCUT2D eigenvalue weighted by atomic mass is 16.7. The molecule has 0 radical (unpaired) electrons. The molecule has 2 aromatic rings. The Morgan fingerprint density at radius 2 is 1.71 bits per heavy atom. The van der Waals surface area contributed by atoms with Crippen LogP contribution in [0.5, 0.6) is 5.75 Å². The number of carbonyl (C=O) groups is 2. The van der Waals surface area contributed by atoms with Gasteiger partial charge in [-0.2, -0.15) is 0 Å². The van der Waals surface area contributed by atoms with Gasteiger partial charge in [-0.25, -0.2) is 0 Å². The van der Waals surface area contributed by atoms with Gasteiger partial charge in [0.15, 0.2) is 12.4 Å². The van der Waals surface area contributed by atoms with Crippen molar-refractivity contribution in [2.75, 3.05) is 37.8 Å². The normalized spacial score (nSPS) is 19.6. The van der Waals surface area contributed by atoms with Crippen molar-refractivity contribution in [3.63, 3.8) is 0 Å². The monoisotopic (exact) mass is 478 g/mol. The lowest BCUT2D eigenvalue weighted by Crippen LogP contribution is -2.47. The van der Waals surface area contributed by atoms with E-state index in [4.69, 9.17) is 14.2 Å². The molecule has 35 heavy (non-hydrogen) atoms. The standard InChI is InChI=1S/C28H34N2O5/c1-4-27(2,3)22-9-10-24-23(17-22)30(25(31)19-33-24)18-20-5-7-21(8-6-20)26(32)29-13-11-28(12-14-29)34-15-16-35-28/h5-10,17H,4,11-16,18-19H2,1-3H3. The number of fused-ring (bicyclic) bond motifs is 1. The topological polar surface area (TPSA) is 68.3 Å². The summed E-state index contributed by atoms with van der Waals surface area (Å²) in [5.41, 5.74) is 3.61. The third-order valence-electron chi connectivity index (χ3n) is 7.73. The molecule has 0 unspecified atom stereocenters.